The molecular weight excluding hydrogens is 314 g/mol. The first-order valence-corrected chi connectivity index (χ1v) is 7.74. The molecule has 1 unspecified atom stereocenters. The normalized spacial score (nSPS) is 12.3. The third-order valence-corrected chi connectivity index (χ3v) is 3.92. The van der Waals surface area contributed by atoms with Gasteiger partial charge in [-0.15, -0.1) is 0 Å². The molecule has 1 atom stereocenters. The van der Waals surface area contributed by atoms with Crippen LogP contribution < -0.4 is 5.73 Å². The highest BCUT2D eigenvalue weighted by atomic mass is 35.5. The molecule has 2 rings (SSSR count). The van der Waals surface area contributed by atoms with Gasteiger partial charge in [0.05, 0.1) is 5.75 Å². The van der Waals surface area contributed by atoms with E-state index < -0.39 is 12.0 Å². The van der Waals surface area contributed by atoms with Crippen molar-refractivity contribution >= 4 is 29.3 Å². The number of hydrogen-bond acceptors (Lipinski definition) is 6. The van der Waals surface area contributed by atoms with Crippen LogP contribution in [0.3, 0.4) is 0 Å². The molecule has 0 saturated heterocycles. The summed E-state index contributed by atoms with van der Waals surface area (Å²) in [5, 5.41) is 13.2. The summed E-state index contributed by atoms with van der Waals surface area (Å²) in [5.41, 5.74) is 6.22. The van der Waals surface area contributed by atoms with Crippen LogP contribution in [0.25, 0.3) is 11.5 Å². The lowest BCUT2D eigenvalue weighted by molar-refractivity contribution is -0.138. The fraction of sp³-hybridized carbons (Fsp3) is 0.308. The predicted octanol–water partition coefficient (Wildman–Crippen LogP) is 2.43. The number of carboxylic acid groups (broad SMARTS) is 1. The fourth-order valence-corrected chi connectivity index (χ4v) is 2.51. The van der Waals surface area contributed by atoms with Gasteiger partial charge in [0, 0.05) is 10.6 Å². The summed E-state index contributed by atoms with van der Waals surface area (Å²) in [6.07, 6.45) is 0.405. The lowest BCUT2D eigenvalue weighted by Crippen LogP contribution is -2.30. The number of nitrogens with zero attached hydrogens (tertiary/aromatic N) is 2. The zero-order valence-corrected chi connectivity index (χ0v) is 12.6. The highest BCUT2D eigenvalue weighted by Gasteiger charge is 2.12. The third-order valence-electron chi connectivity index (χ3n) is 2.68. The van der Waals surface area contributed by atoms with E-state index in [0.29, 0.717) is 34.7 Å². The average Bonchev–Trinajstić information content (AvgIpc) is 2.93. The van der Waals surface area contributed by atoms with Gasteiger partial charge in [0.2, 0.25) is 0 Å². The number of aromatic nitrogens is 2. The van der Waals surface area contributed by atoms with Crippen molar-refractivity contribution in [2.45, 2.75) is 18.2 Å². The molecule has 0 fully saturated rings. The Bertz CT molecular complexity index is 603. The van der Waals surface area contributed by atoms with Crippen molar-refractivity contribution in [1.29, 1.82) is 0 Å². The number of rotatable bonds is 7. The Balaban J connectivity index is 1.83. The molecule has 0 amide bonds. The largest absolute Gasteiger partial charge is 0.480 e. The molecule has 2 aromatic rings. The van der Waals surface area contributed by atoms with Crippen molar-refractivity contribution in [2.24, 2.45) is 5.73 Å². The third kappa shape index (κ3) is 4.73. The van der Waals surface area contributed by atoms with Crippen molar-refractivity contribution in [3.8, 4) is 11.5 Å². The van der Waals surface area contributed by atoms with Gasteiger partial charge in [-0.25, -0.2) is 0 Å². The van der Waals surface area contributed by atoms with E-state index in [1.807, 2.05) is 0 Å². The Morgan fingerprint density at radius 3 is 2.81 bits per heavy atom. The minimum Gasteiger partial charge on any atom is -0.480 e. The molecule has 0 saturated carbocycles. The minimum atomic E-state index is -0.986. The first-order valence-electron chi connectivity index (χ1n) is 6.21. The molecule has 8 heteroatoms. The Hall–Kier alpha value is -1.57. The molecule has 1 aromatic carbocycles. The number of hydrogen-bond donors (Lipinski definition) is 2. The summed E-state index contributed by atoms with van der Waals surface area (Å²) in [6, 6.07) is 6.29. The number of carbonyl (C=O) groups is 1. The van der Waals surface area contributed by atoms with E-state index in [1.54, 1.807) is 24.3 Å². The fourth-order valence-electron chi connectivity index (χ4n) is 1.52. The van der Waals surface area contributed by atoms with E-state index in [-0.39, 0.29) is 0 Å². The van der Waals surface area contributed by atoms with Crippen molar-refractivity contribution in [2.75, 3.05) is 5.75 Å². The van der Waals surface area contributed by atoms with Crippen LogP contribution in [0.4, 0.5) is 0 Å². The predicted molar refractivity (Wildman–Crippen MR) is 81.1 cm³/mol. The van der Waals surface area contributed by atoms with Crippen LogP contribution in [0.1, 0.15) is 12.2 Å². The van der Waals surface area contributed by atoms with E-state index in [4.69, 9.17) is 27.0 Å². The topological polar surface area (TPSA) is 102 Å². The van der Waals surface area contributed by atoms with Gasteiger partial charge < -0.3 is 15.4 Å². The molecule has 0 radical (unpaired) electrons. The Morgan fingerprint density at radius 2 is 2.14 bits per heavy atom. The lowest BCUT2D eigenvalue weighted by Gasteiger charge is -2.04. The van der Waals surface area contributed by atoms with Crippen LogP contribution in [0, 0.1) is 0 Å². The Kier molecular flexibility index (Phi) is 5.60. The lowest BCUT2D eigenvalue weighted by atomic mass is 10.2. The van der Waals surface area contributed by atoms with Crippen LogP contribution in [-0.4, -0.2) is 33.0 Å². The molecule has 0 aliphatic rings. The number of aliphatic carboxylic acids is 1. The van der Waals surface area contributed by atoms with Crippen molar-refractivity contribution < 1.29 is 14.4 Å². The molecule has 1 aromatic heterocycles. The zero-order chi connectivity index (χ0) is 15.2. The van der Waals surface area contributed by atoms with Crippen molar-refractivity contribution in [3.05, 3.63) is 35.1 Å². The van der Waals surface area contributed by atoms with Crippen LogP contribution in [0.2, 0.25) is 5.02 Å². The molecule has 112 valence electrons. The molecule has 6 nitrogen and oxygen atoms in total. The SMILES string of the molecule is NC(CCSCc1noc(-c2ccc(Cl)cc2)n1)C(=O)O. The van der Waals surface area contributed by atoms with Gasteiger partial charge in [-0.1, -0.05) is 16.8 Å². The Labute approximate surface area is 130 Å². The smallest absolute Gasteiger partial charge is 0.320 e. The summed E-state index contributed by atoms with van der Waals surface area (Å²) in [7, 11) is 0. The second-order valence-electron chi connectivity index (χ2n) is 4.31. The quantitative estimate of drug-likeness (QED) is 0.753. The summed E-state index contributed by atoms with van der Waals surface area (Å²) < 4.78 is 5.17. The zero-order valence-electron chi connectivity index (χ0n) is 11.0. The van der Waals surface area contributed by atoms with Crippen LogP contribution in [-0.2, 0) is 10.5 Å². The standard InChI is InChI=1S/C13H14ClN3O3S/c14-9-3-1-8(2-4-9)12-16-11(17-20-12)7-21-6-5-10(15)13(18)19/h1-4,10H,5-7,15H2,(H,18,19). The van der Waals surface area contributed by atoms with Gasteiger partial charge in [-0.2, -0.15) is 16.7 Å². The highest BCUT2D eigenvalue weighted by molar-refractivity contribution is 7.98. The number of nitrogens with two attached hydrogens (primary N) is 1. The number of carboxylic acids is 1. The molecule has 21 heavy (non-hydrogen) atoms. The maximum absolute atomic E-state index is 10.6. The summed E-state index contributed by atoms with van der Waals surface area (Å²) in [6.45, 7) is 0. The summed E-state index contributed by atoms with van der Waals surface area (Å²) in [4.78, 5) is 14.8. The molecular formula is C13H14ClN3O3S. The van der Waals surface area contributed by atoms with E-state index in [9.17, 15) is 4.79 Å². The molecule has 0 aliphatic carbocycles. The highest BCUT2D eigenvalue weighted by Crippen LogP contribution is 2.21. The summed E-state index contributed by atoms with van der Waals surface area (Å²) >= 11 is 7.33. The van der Waals surface area contributed by atoms with Gasteiger partial charge >= 0.3 is 5.97 Å². The maximum atomic E-state index is 10.6. The monoisotopic (exact) mass is 327 g/mol. The van der Waals surface area contributed by atoms with Gasteiger partial charge in [0.1, 0.15) is 6.04 Å². The van der Waals surface area contributed by atoms with Crippen LogP contribution in [0.5, 0.6) is 0 Å². The minimum absolute atomic E-state index is 0.405. The van der Waals surface area contributed by atoms with Gasteiger partial charge in [-0.05, 0) is 36.4 Å². The second-order valence-corrected chi connectivity index (χ2v) is 5.85. The molecule has 3 N–H and O–H groups in total. The average molecular weight is 328 g/mol. The first-order chi connectivity index (χ1) is 10.1. The van der Waals surface area contributed by atoms with Gasteiger partial charge in [-0.3, -0.25) is 4.79 Å². The van der Waals surface area contributed by atoms with E-state index in [1.165, 1.54) is 11.8 Å². The van der Waals surface area contributed by atoms with Gasteiger partial charge in [0.15, 0.2) is 5.82 Å². The van der Waals surface area contributed by atoms with E-state index >= 15 is 0 Å². The molecule has 1 heterocycles. The molecule has 0 aliphatic heterocycles. The first kappa shape index (κ1) is 15.8. The van der Waals surface area contributed by atoms with Crippen molar-refractivity contribution in [3.63, 3.8) is 0 Å². The number of benzene rings is 1. The van der Waals surface area contributed by atoms with Crippen LogP contribution >= 0.6 is 23.4 Å². The number of halogens is 1. The summed E-state index contributed by atoms with van der Waals surface area (Å²) in [5.74, 6) is 1.18. The van der Waals surface area contributed by atoms with Gasteiger partial charge in [0.25, 0.3) is 5.89 Å². The van der Waals surface area contributed by atoms with Crippen molar-refractivity contribution in [1.82, 2.24) is 10.1 Å². The molecule has 0 bridgehead atoms. The maximum Gasteiger partial charge on any atom is 0.320 e. The second kappa shape index (κ2) is 7.44. The van der Waals surface area contributed by atoms with Crippen LogP contribution in [0.15, 0.2) is 28.8 Å². The van der Waals surface area contributed by atoms with E-state index in [2.05, 4.69) is 10.1 Å². The Morgan fingerprint density at radius 1 is 1.43 bits per heavy atom. The van der Waals surface area contributed by atoms with E-state index in [0.717, 1.165) is 5.56 Å². The number of thioether (sulfide) groups is 1. The molecule has 0 spiro atoms.